The summed E-state index contributed by atoms with van der Waals surface area (Å²) in [7, 11) is 3.67. The van der Waals surface area contributed by atoms with Gasteiger partial charge in [-0.3, -0.25) is 9.59 Å². The zero-order valence-corrected chi connectivity index (χ0v) is 22.5. The highest BCUT2D eigenvalue weighted by Crippen LogP contribution is 2.35. The molecule has 32 heavy (non-hydrogen) atoms. The van der Waals surface area contributed by atoms with E-state index in [0.717, 1.165) is 23.0 Å². The van der Waals surface area contributed by atoms with Gasteiger partial charge in [-0.15, -0.1) is 23.5 Å². The Balaban J connectivity index is 1.87. The van der Waals surface area contributed by atoms with Crippen molar-refractivity contribution in [2.24, 2.45) is 0 Å². The Morgan fingerprint density at radius 3 is 1.38 bits per heavy atom. The summed E-state index contributed by atoms with van der Waals surface area (Å²) in [6.45, 7) is 7.13. The first kappa shape index (κ1) is 27.6. The first-order chi connectivity index (χ1) is 15.6. The maximum atomic E-state index is 11.7. The van der Waals surface area contributed by atoms with Gasteiger partial charge in [0.05, 0.1) is 0 Å². The third-order valence-corrected chi connectivity index (χ3v) is 11.7. The van der Waals surface area contributed by atoms with Crippen molar-refractivity contribution in [1.82, 2.24) is 0 Å². The fourth-order valence-electron chi connectivity index (χ4n) is 2.33. The average Bonchev–Trinajstić information content (AvgIpc) is 2.83. The standard InChI is InChI=1S/C24H26O2S6/c1-3-23(25)27-15-21(31-19-11-7-5-8-12-19)17-29-30-18-22(16-28-24(26)4-2)32-20-13-9-6-10-14-20/h3-14,21-22H,1-2,15-18H2. The molecule has 0 heterocycles. The Kier molecular flexibility index (Phi) is 14.6. The van der Waals surface area contributed by atoms with E-state index in [9.17, 15) is 9.59 Å². The molecular weight excluding hydrogens is 513 g/mol. The van der Waals surface area contributed by atoms with Crippen molar-refractivity contribution in [1.29, 1.82) is 0 Å². The second-order valence-corrected chi connectivity index (χ2v) is 13.7. The molecule has 0 aliphatic rings. The molecule has 0 radical (unpaired) electrons. The van der Waals surface area contributed by atoms with Gasteiger partial charge in [-0.1, -0.05) is 94.7 Å². The Hall–Kier alpha value is -0.640. The molecule has 8 heteroatoms. The zero-order valence-electron chi connectivity index (χ0n) is 17.6. The summed E-state index contributed by atoms with van der Waals surface area (Å²) >= 11 is 6.28. The van der Waals surface area contributed by atoms with Crippen LogP contribution in [0.4, 0.5) is 0 Å². The van der Waals surface area contributed by atoms with Gasteiger partial charge in [0.1, 0.15) is 0 Å². The second-order valence-electron chi connectivity index (χ2n) is 6.34. The minimum absolute atomic E-state index is 0.0181. The molecular formula is C24H26O2S6. The zero-order chi connectivity index (χ0) is 23.0. The predicted octanol–water partition coefficient (Wildman–Crippen LogP) is 7.58. The SMILES string of the molecule is C=CC(=O)SCC(CSSCC(CSC(=O)C=C)Sc1ccccc1)Sc1ccccc1. The molecule has 0 spiro atoms. The van der Waals surface area contributed by atoms with Crippen molar-refractivity contribution in [3.05, 3.63) is 86.0 Å². The van der Waals surface area contributed by atoms with Gasteiger partial charge in [-0.05, 0) is 36.4 Å². The number of thioether (sulfide) groups is 4. The topological polar surface area (TPSA) is 34.1 Å². The van der Waals surface area contributed by atoms with Crippen LogP contribution in [-0.2, 0) is 9.59 Å². The van der Waals surface area contributed by atoms with E-state index < -0.39 is 0 Å². The summed E-state index contributed by atoms with van der Waals surface area (Å²) in [5.74, 6) is 3.37. The van der Waals surface area contributed by atoms with Crippen molar-refractivity contribution in [2.45, 2.75) is 20.3 Å². The number of carbonyl (C=O) groups excluding carboxylic acids is 2. The normalized spacial score (nSPS) is 12.6. The highest BCUT2D eigenvalue weighted by molar-refractivity contribution is 8.76. The Bertz CT molecular complexity index is 773. The first-order valence-electron chi connectivity index (χ1n) is 9.87. The largest absolute Gasteiger partial charge is 0.282 e. The molecule has 2 aromatic rings. The Morgan fingerprint density at radius 1 is 0.656 bits per heavy atom. The molecule has 0 amide bonds. The van der Waals surface area contributed by atoms with E-state index in [1.165, 1.54) is 45.5 Å². The van der Waals surface area contributed by atoms with Crippen LogP contribution in [0.2, 0.25) is 0 Å². The fourth-order valence-corrected chi connectivity index (χ4v) is 9.92. The summed E-state index contributed by atoms with van der Waals surface area (Å²) in [5, 5.41) is 0.676. The van der Waals surface area contributed by atoms with Gasteiger partial charge in [-0.2, -0.15) is 0 Å². The molecule has 2 nitrogen and oxygen atoms in total. The van der Waals surface area contributed by atoms with E-state index in [-0.39, 0.29) is 10.2 Å². The third-order valence-electron chi connectivity index (χ3n) is 3.84. The lowest BCUT2D eigenvalue weighted by molar-refractivity contribution is -0.107. The highest BCUT2D eigenvalue weighted by Gasteiger charge is 2.16. The monoisotopic (exact) mass is 538 g/mol. The average molecular weight is 539 g/mol. The van der Waals surface area contributed by atoms with Crippen LogP contribution in [0.15, 0.2) is 95.8 Å². The molecule has 0 aromatic heterocycles. The van der Waals surface area contributed by atoms with Crippen molar-refractivity contribution >= 4 is 78.9 Å². The second kappa shape index (κ2) is 16.9. The number of rotatable bonds is 15. The van der Waals surface area contributed by atoms with E-state index in [2.05, 4.69) is 37.4 Å². The van der Waals surface area contributed by atoms with Crippen LogP contribution in [0, 0.1) is 0 Å². The predicted molar refractivity (Wildman–Crippen MR) is 152 cm³/mol. The van der Waals surface area contributed by atoms with Crippen LogP contribution < -0.4 is 0 Å². The Labute approximate surface area is 216 Å². The maximum absolute atomic E-state index is 11.7. The van der Waals surface area contributed by atoms with Crippen LogP contribution in [0.3, 0.4) is 0 Å². The molecule has 2 unspecified atom stereocenters. The quantitative estimate of drug-likeness (QED) is 0.0993. The van der Waals surface area contributed by atoms with Crippen molar-refractivity contribution in [2.75, 3.05) is 23.0 Å². The van der Waals surface area contributed by atoms with Crippen molar-refractivity contribution < 1.29 is 9.59 Å². The lowest BCUT2D eigenvalue weighted by Gasteiger charge is -2.17. The fraction of sp³-hybridized carbons (Fsp3) is 0.250. The summed E-state index contributed by atoms with van der Waals surface area (Å²) < 4.78 is 0. The van der Waals surface area contributed by atoms with E-state index >= 15 is 0 Å². The van der Waals surface area contributed by atoms with Crippen LogP contribution in [0.25, 0.3) is 0 Å². The number of hydrogen-bond acceptors (Lipinski definition) is 8. The minimum Gasteiger partial charge on any atom is -0.282 e. The lowest BCUT2D eigenvalue weighted by atomic mass is 10.4. The van der Waals surface area contributed by atoms with Crippen LogP contribution in [0.5, 0.6) is 0 Å². The molecule has 0 N–H and O–H groups in total. The van der Waals surface area contributed by atoms with Crippen molar-refractivity contribution in [3.8, 4) is 0 Å². The molecule has 0 fully saturated rings. The molecule has 0 aliphatic heterocycles. The Morgan fingerprint density at radius 2 is 1.03 bits per heavy atom. The minimum atomic E-state index is 0.0181. The lowest BCUT2D eigenvalue weighted by Crippen LogP contribution is -2.12. The number of carbonyl (C=O) groups is 2. The molecule has 2 atom stereocenters. The van der Waals surface area contributed by atoms with Gasteiger partial charge in [0.25, 0.3) is 0 Å². The van der Waals surface area contributed by atoms with E-state index in [0.29, 0.717) is 10.5 Å². The number of hydrogen-bond donors (Lipinski definition) is 0. The van der Waals surface area contributed by atoms with E-state index in [4.69, 9.17) is 0 Å². The molecule has 0 saturated heterocycles. The van der Waals surface area contributed by atoms with Crippen LogP contribution >= 0.6 is 68.6 Å². The van der Waals surface area contributed by atoms with Gasteiger partial charge in [0, 0.05) is 43.3 Å². The van der Waals surface area contributed by atoms with Gasteiger partial charge in [-0.25, -0.2) is 0 Å². The molecule has 0 bridgehead atoms. The van der Waals surface area contributed by atoms with Gasteiger partial charge >= 0.3 is 0 Å². The van der Waals surface area contributed by atoms with Crippen molar-refractivity contribution in [3.63, 3.8) is 0 Å². The molecule has 0 aliphatic carbocycles. The maximum Gasteiger partial charge on any atom is 0.211 e. The molecule has 2 rings (SSSR count). The number of benzene rings is 2. The smallest absolute Gasteiger partial charge is 0.211 e. The summed E-state index contributed by atoms with van der Waals surface area (Å²) in [6, 6.07) is 20.6. The van der Waals surface area contributed by atoms with Gasteiger partial charge in [0.15, 0.2) is 0 Å². The van der Waals surface area contributed by atoms with Gasteiger partial charge in [0.2, 0.25) is 10.2 Å². The van der Waals surface area contributed by atoms with Gasteiger partial charge < -0.3 is 0 Å². The highest BCUT2D eigenvalue weighted by atomic mass is 33.1. The molecule has 170 valence electrons. The molecule has 0 saturated carbocycles. The molecule has 2 aromatic carbocycles. The van der Waals surface area contributed by atoms with Crippen LogP contribution in [0.1, 0.15) is 0 Å². The summed E-state index contributed by atoms with van der Waals surface area (Å²) in [6.07, 6.45) is 2.76. The van der Waals surface area contributed by atoms with E-state index in [1.807, 2.05) is 81.5 Å². The first-order valence-corrected chi connectivity index (χ1v) is 16.1. The summed E-state index contributed by atoms with van der Waals surface area (Å²) in [4.78, 5) is 25.8. The van der Waals surface area contributed by atoms with E-state index in [1.54, 1.807) is 0 Å². The van der Waals surface area contributed by atoms with Crippen LogP contribution in [-0.4, -0.2) is 43.7 Å². The summed E-state index contributed by atoms with van der Waals surface area (Å²) in [5.41, 5.74) is 0. The third kappa shape index (κ3) is 12.0.